The van der Waals surface area contributed by atoms with Crippen LogP contribution in [0.2, 0.25) is 0 Å². The van der Waals surface area contributed by atoms with Gasteiger partial charge in [0.2, 0.25) is 0 Å². The highest BCUT2D eigenvalue weighted by Gasteiger charge is 2.18. The number of anilines is 1. The Balaban J connectivity index is 1.80. The van der Waals surface area contributed by atoms with Gasteiger partial charge in [0.25, 0.3) is 5.91 Å². The normalized spacial score (nSPS) is 10.8. The molecule has 0 bridgehead atoms. The number of para-hydroxylation sites is 1. The van der Waals surface area contributed by atoms with E-state index < -0.39 is 0 Å². The summed E-state index contributed by atoms with van der Waals surface area (Å²) in [6.45, 7) is 4.82. The fourth-order valence-corrected chi connectivity index (χ4v) is 3.41. The van der Waals surface area contributed by atoms with Gasteiger partial charge >= 0.3 is 0 Å². The summed E-state index contributed by atoms with van der Waals surface area (Å²) in [6, 6.07) is 15.2. The lowest BCUT2D eigenvalue weighted by molar-refractivity contribution is 0.0989. The number of hydrogen-bond donors (Lipinski definition) is 0. The largest absolute Gasteiger partial charge is 0.493 e. The number of rotatable bonds is 7. The molecule has 0 saturated heterocycles. The number of thiazole rings is 1. The number of methoxy groups -OCH3 is 1. The number of amides is 1. The number of hydrogen-bond acceptors (Lipinski definition) is 5. The Morgan fingerprint density at radius 1 is 1.14 bits per heavy atom. The number of ether oxygens (including phenoxy) is 2. The third kappa shape index (κ3) is 4.51. The Labute approximate surface area is 169 Å². The van der Waals surface area contributed by atoms with Crippen LogP contribution in [0.15, 0.2) is 53.9 Å². The highest BCUT2D eigenvalue weighted by atomic mass is 32.1. The fraction of sp³-hybridized carbons (Fsp3) is 0.273. The molecule has 0 radical (unpaired) electrons. The lowest BCUT2D eigenvalue weighted by atomic mass is 10.2. The van der Waals surface area contributed by atoms with Gasteiger partial charge in [-0.05, 0) is 36.2 Å². The van der Waals surface area contributed by atoms with Gasteiger partial charge in [-0.25, -0.2) is 4.98 Å². The van der Waals surface area contributed by atoms with Crippen molar-refractivity contribution in [2.75, 3.05) is 25.7 Å². The van der Waals surface area contributed by atoms with Gasteiger partial charge < -0.3 is 14.4 Å². The topological polar surface area (TPSA) is 51.7 Å². The van der Waals surface area contributed by atoms with Gasteiger partial charge in [-0.3, -0.25) is 4.79 Å². The summed E-state index contributed by atoms with van der Waals surface area (Å²) in [5.74, 6) is 1.65. The highest BCUT2D eigenvalue weighted by Crippen LogP contribution is 2.34. The number of carbonyl (C=O) groups excluding carboxylic acids is 1. The van der Waals surface area contributed by atoms with E-state index in [-0.39, 0.29) is 5.91 Å². The minimum absolute atomic E-state index is 0.141. The second-order valence-electron chi connectivity index (χ2n) is 6.81. The Kier molecular flexibility index (Phi) is 6.31. The zero-order valence-electron chi connectivity index (χ0n) is 16.5. The van der Waals surface area contributed by atoms with Crippen LogP contribution in [0.5, 0.6) is 11.5 Å². The van der Waals surface area contributed by atoms with E-state index in [0.29, 0.717) is 29.7 Å². The highest BCUT2D eigenvalue weighted by molar-refractivity contribution is 7.13. The van der Waals surface area contributed by atoms with E-state index in [1.165, 1.54) is 11.3 Å². The van der Waals surface area contributed by atoms with E-state index in [4.69, 9.17) is 9.47 Å². The van der Waals surface area contributed by atoms with Crippen molar-refractivity contribution in [3.05, 3.63) is 59.6 Å². The summed E-state index contributed by atoms with van der Waals surface area (Å²) < 4.78 is 11.3. The molecular formula is C22H24N2O3S. The summed E-state index contributed by atoms with van der Waals surface area (Å²) in [7, 11) is 3.37. The maximum Gasteiger partial charge on any atom is 0.277 e. The predicted octanol–water partition coefficient (Wildman–Crippen LogP) is 5.13. The molecule has 1 heterocycles. The van der Waals surface area contributed by atoms with Gasteiger partial charge in [-0.15, -0.1) is 11.3 Å². The molecule has 6 heteroatoms. The van der Waals surface area contributed by atoms with Crippen molar-refractivity contribution in [1.29, 1.82) is 0 Å². The van der Waals surface area contributed by atoms with E-state index in [1.807, 2.05) is 48.5 Å². The molecule has 0 aliphatic rings. The third-order valence-electron chi connectivity index (χ3n) is 4.15. The van der Waals surface area contributed by atoms with Crippen LogP contribution >= 0.6 is 11.3 Å². The Morgan fingerprint density at radius 3 is 2.57 bits per heavy atom. The van der Waals surface area contributed by atoms with Crippen molar-refractivity contribution in [1.82, 2.24) is 4.98 Å². The first-order valence-corrected chi connectivity index (χ1v) is 9.97. The van der Waals surface area contributed by atoms with Crippen molar-refractivity contribution in [2.45, 2.75) is 13.8 Å². The van der Waals surface area contributed by atoms with Crippen molar-refractivity contribution < 1.29 is 14.3 Å². The van der Waals surface area contributed by atoms with Crippen LogP contribution in [0.3, 0.4) is 0 Å². The monoisotopic (exact) mass is 396 g/mol. The van der Waals surface area contributed by atoms with E-state index >= 15 is 0 Å². The van der Waals surface area contributed by atoms with Crippen LogP contribution in [0.4, 0.5) is 5.69 Å². The molecule has 0 unspecified atom stereocenters. The Morgan fingerprint density at radius 2 is 1.89 bits per heavy atom. The maximum atomic E-state index is 12.7. The molecule has 28 heavy (non-hydrogen) atoms. The molecule has 2 aromatic carbocycles. The lowest BCUT2D eigenvalue weighted by Gasteiger charge is -2.15. The van der Waals surface area contributed by atoms with Crippen LogP contribution in [-0.2, 0) is 0 Å². The molecule has 0 aliphatic carbocycles. The number of carbonyl (C=O) groups is 1. The first-order valence-electron chi connectivity index (χ1n) is 9.09. The van der Waals surface area contributed by atoms with Gasteiger partial charge in [0, 0.05) is 23.7 Å². The molecule has 0 spiro atoms. The molecular weight excluding hydrogens is 372 g/mol. The van der Waals surface area contributed by atoms with Crippen LogP contribution < -0.4 is 14.4 Å². The van der Waals surface area contributed by atoms with Crippen LogP contribution in [0.25, 0.3) is 10.6 Å². The summed E-state index contributed by atoms with van der Waals surface area (Å²) in [6.07, 6.45) is 0. The van der Waals surface area contributed by atoms with Crippen molar-refractivity contribution in [3.63, 3.8) is 0 Å². The van der Waals surface area contributed by atoms with Crippen molar-refractivity contribution in [2.24, 2.45) is 5.92 Å². The van der Waals surface area contributed by atoms with E-state index in [0.717, 1.165) is 16.3 Å². The van der Waals surface area contributed by atoms with Gasteiger partial charge in [0.05, 0.1) is 13.7 Å². The Hall–Kier alpha value is -2.86. The quantitative estimate of drug-likeness (QED) is 0.555. The average molecular weight is 397 g/mol. The zero-order valence-corrected chi connectivity index (χ0v) is 17.3. The second kappa shape index (κ2) is 8.89. The minimum atomic E-state index is -0.141. The molecule has 1 amide bonds. The SMILES string of the molecule is COc1cc(-c2nc(C(=O)N(C)c3ccccc3)cs2)ccc1OCC(C)C. The van der Waals surface area contributed by atoms with Gasteiger partial charge in [0.1, 0.15) is 10.7 Å². The van der Waals surface area contributed by atoms with E-state index in [2.05, 4.69) is 18.8 Å². The van der Waals surface area contributed by atoms with Crippen LogP contribution in [-0.4, -0.2) is 31.7 Å². The van der Waals surface area contributed by atoms with Crippen molar-refractivity contribution in [3.8, 4) is 22.1 Å². The first kappa shape index (κ1) is 19.9. The molecule has 1 aromatic heterocycles. The predicted molar refractivity (Wildman–Crippen MR) is 114 cm³/mol. The summed E-state index contributed by atoms with van der Waals surface area (Å²) in [4.78, 5) is 18.9. The summed E-state index contributed by atoms with van der Waals surface area (Å²) >= 11 is 1.43. The smallest absolute Gasteiger partial charge is 0.277 e. The second-order valence-corrected chi connectivity index (χ2v) is 7.67. The number of aromatic nitrogens is 1. The minimum Gasteiger partial charge on any atom is -0.493 e. The lowest BCUT2D eigenvalue weighted by Crippen LogP contribution is -2.26. The summed E-state index contributed by atoms with van der Waals surface area (Å²) in [5.41, 5.74) is 2.14. The van der Waals surface area contributed by atoms with Gasteiger partial charge in [-0.1, -0.05) is 32.0 Å². The summed E-state index contributed by atoms with van der Waals surface area (Å²) in [5, 5.41) is 2.55. The molecule has 0 aliphatic heterocycles. The Bertz CT molecular complexity index is 938. The van der Waals surface area contributed by atoms with E-state index in [9.17, 15) is 4.79 Å². The molecule has 146 valence electrons. The fourth-order valence-electron chi connectivity index (χ4n) is 2.62. The van der Waals surface area contributed by atoms with Gasteiger partial charge in [-0.2, -0.15) is 0 Å². The van der Waals surface area contributed by atoms with Crippen LogP contribution in [0, 0.1) is 5.92 Å². The molecule has 3 aromatic rings. The third-order valence-corrected chi connectivity index (χ3v) is 5.05. The standard InChI is InChI=1S/C22H24N2O3S/c1-15(2)13-27-19-11-10-16(12-20(19)26-4)21-23-18(14-28-21)22(25)24(3)17-8-6-5-7-9-17/h5-12,14-15H,13H2,1-4H3. The number of nitrogens with zero attached hydrogens (tertiary/aromatic N) is 2. The molecule has 5 nitrogen and oxygen atoms in total. The van der Waals surface area contributed by atoms with Gasteiger partial charge in [0.15, 0.2) is 11.5 Å². The zero-order chi connectivity index (χ0) is 20.1. The molecule has 0 fully saturated rings. The molecule has 0 N–H and O–H groups in total. The van der Waals surface area contributed by atoms with Crippen molar-refractivity contribution >= 4 is 22.9 Å². The average Bonchev–Trinajstić information content (AvgIpc) is 3.21. The molecule has 0 atom stereocenters. The molecule has 0 saturated carbocycles. The molecule has 3 rings (SSSR count). The number of benzene rings is 2. The first-order chi connectivity index (χ1) is 13.5. The maximum absolute atomic E-state index is 12.7. The van der Waals surface area contributed by atoms with Crippen LogP contribution in [0.1, 0.15) is 24.3 Å². The van der Waals surface area contributed by atoms with E-state index in [1.54, 1.807) is 24.4 Å².